The number of hydrogen-bond donors (Lipinski definition) is 3. The van der Waals surface area contributed by atoms with Crippen molar-refractivity contribution in [3.05, 3.63) is 102 Å². The third-order valence-electron chi connectivity index (χ3n) is 6.72. The monoisotopic (exact) mass is 543 g/mol. The largest absolute Gasteiger partial charge is 0.478 e. The first kappa shape index (κ1) is 28.4. The zero-order chi connectivity index (χ0) is 28.9. The number of urea groups is 1. The number of ether oxygens (including phenoxy) is 1. The number of amides is 3. The number of carboxylic acid groups (broad SMARTS) is 1. The normalized spacial score (nSPS) is 16.2. The molecule has 3 N–H and O–H groups in total. The van der Waals surface area contributed by atoms with Gasteiger partial charge in [0.15, 0.2) is 0 Å². The molecule has 1 saturated heterocycles. The quantitative estimate of drug-likeness (QED) is 0.368. The van der Waals surface area contributed by atoms with E-state index < -0.39 is 47.6 Å². The number of rotatable bonds is 7. The summed E-state index contributed by atoms with van der Waals surface area (Å²) in [7, 11) is 0. The first-order valence-electron chi connectivity index (χ1n) is 13.1. The standard InChI is InChI=1S/C31H33N3O6/c1-30(2,3)40-28(38)25-17-18-31(22-12-6-4-7-13-22,23-14-8-5-9-15-23)34(25)26(35)20-32-29(39)33-24-16-10-11-21(19-24)27(36)37/h4-16,19,25H,17-18,20H2,1-3H3,(H,36,37)(H2,32,33,39)/t25-/m0/s1. The second kappa shape index (κ2) is 11.6. The predicted molar refractivity (Wildman–Crippen MR) is 150 cm³/mol. The summed E-state index contributed by atoms with van der Waals surface area (Å²) in [4.78, 5) is 52.9. The van der Waals surface area contributed by atoms with Crippen LogP contribution < -0.4 is 10.6 Å². The number of esters is 1. The number of aromatic carboxylic acids is 1. The average Bonchev–Trinajstić information content (AvgIpc) is 3.34. The Bertz CT molecular complexity index is 1350. The molecule has 3 aromatic carbocycles. The fourth-order valence-electron chi connectivity index (χ4n) is 5.15. The highest BCUT2D eigenvalue weighted by Crippen LogP contribution is 2.47. The molecule has 1 aliphatic heterocycles. The van der Waals surface area contributed by atoms with Crippen LogP contribution in [0.1, 0.15) is 55.1 Å². The summed E-state index contributed by atoms with van der Waals surface area (Å²) in [5.41, 5.74) is 0.252. The van der Waals surface area contributed by atoms with Gasteiger partial charge >= 0.3 is 18.0 Å². The van der Waals surface area contributed by atoms with Crippen LogP contribution in [-0.4, -0.2) is 52.1 Å². The number of benzene rings is 3. The molecule has 0 spiro atoms. The van der Waals surface area contributed by atoms with Gasteiger partial charge in [0.2, 0.25) is 5.91 Å². The summed E-state index contributed by atoms with van der Waals surface area (Å²) < 4.78 is 5.72. The molecule has 0 aliphatic carbocycles. The molecule has 0 aromatic heterocycles. The van der Waals surface area contributed by atoms with Crippen LogP contribution in [0.5, 0.6) is 0 Å². The summed E-state index contributed by atoms with van der Waals surface area (Å²) in [6, 6.07) is 23.3. The van der Waals surface area contributed by atoms with Crippen molar-refractivity contribution in [2.24, 2.45) is 0 Å². The molecule has 3 aromatic rings. The van der Waals surface area contributed by atoms with Crippen molar-refractivity contribution in [1.29, 1.82) is 0 Å². The maximum Gasteiger partial charge on any atom is 0.335 e. The van der Waals surface area contributed by atoms with Gasteiger partial charge in [0.05, 0.1) is 17.6 Å². The van der Waals surface area contributed by atoms with Gasteiger partial charge in [0.25, 0.3) is 0 Å². The molecule has 1 fully saturated rings. The molecular formula is C31H33N3O6. The van der Waals surface area contributed by atoms with Crippen molar-refractivity contribution >= 4 is 29.6 Å². The fourth-order valence-corrected chi connectivity index (χ4v) is 5.15. The van der Waals surface area contributed by atoms with Crippen molar-refractivity contribution in [3.8, 4) is 0 Å². The molecule has 0 saturated carbocycles. The van der Waals surface area contributed by atoms with E-state index in [-0.39, 0.29) is 11.3 Å². The number of hydrogen-bond acceptors (Lipinski definition) is 5. The second-order valence-corrected chi connectivity index (χ2v) is 10.6. The molecule has 4 rings (SSSR count). The maximum atomic E-state index is 14.0. The second-order valence-electron chi connectivity index (χ2n) is 10.6. The smallest absolute Gasteiger partial charge is 0.335 e. The van der Waals surface area contributed by atoms with Gasteiger partial charge in [-0.25, -0.2) is 14.4 Å². The van der Waals surface area contributed by atoms with Crippen LogP contribution in [0.3, 0.4) is 0 Å². The van der Waals surface area contributed by atoms with E-state index in [1.807, 2.05) is 60.7 Å². The molecular weight excluding hydrogens is 510 g/mol. The Hall–Kier alpha value is -4.66. The van der Waals surface area contributed by atoms with E-state index in [0.29, 0.717) is 12.8 Å². The van der Waals surface area contributed by atoms with Gasteiger partial charge in [-0.3, -0.25) is 4.79 Å². The molecule has 9 nitrogen and oxygen atoms in total. The molecule has 40 heavy (non-hydrogen) atoms. The number of nitrogens with zero attached hydrogens (tertiary/aromatic N) is 1. The van der Waals surface area contributed by atoms with Gasteiger partial charge in [0.1, 0.15) is 11.6 Å². The van der Waals surface area contributed by atoms with Gasteiger partial charge in [-0.1, -0.05) is 66.7 Å². The Kier molecular flexibility index (Phi) is 8.23. The summed E-state index contributed by atoms with van der Waals surface area (Å²) in [6.45, 7) is 4.93. The van der Waals surface area contributed by atoms with E-state index in [0.717, 1.165) is 11.1 Å². The van der Waals surface area contributed by atoms with Crippen molar-refractivity contribution in [3.63, 3.8) is 0 Å². The lowest BCUT2D eigenvalue weighted by molar-refractivity contribution is -0.165. The molecule has 0 bridgehead atoms. The number of carboxylic acids is 1. The third kappa shape index (κ3) is 6.14. The van der Waals surface area contributed by atoms with Crippen LogP contribution in [0, 0.1) is 0 Å². The Morgan fingerprint density at radius 1 is 0.925 bits per heavy atom. The zero-order valence-corrected chi connectivity index (χ0v) is 22.7. The Balaban J connectivity index is 1.65. The molecule has 1 atom stereocenters. The average molecular weight is 544 g/mol. The molecule has 208 valence electrons. The van der Waals surface area contributed by atoms with Crippen LogP contribution in [0.4, 0.5) is 10.5 Å². The van der Waals surface area contributed by atoms with Gasteiger partial charge in [-0.15, -0.1) is 0 Å². The van der Waals surface area contributed by atoms with E-state index >= 15 is 0 Å². The lowest BCUT2D eigenvalue weighted by Gasteiger charge is -2.42. The minimum Gasteiger partial charge on any atom is -0.478 e. The first-order valence-corrected chi connectivity index (χ1v) is 13.1. The summed E-state index contributed by atoms with van der Waals surface area (Å²) in [5.74, 6) is -2.10. The SMILES string of the molecule is CC(C)(C)OC(=O)[C@@H]1CCC(c2ccccc2)(c2ccccc2)N1C(=O)CNC(=O)Nc1cccc(C(=O)O)c1. The number of carbonyl (C=O) groups excluding carboxylic acids is 3. The number of anilines is 1. The Labute approximate surface area is 233 Å². The first-order chi connectivity index (χ1) is 19.0. The van der Waals surface area contributed by atoms with E-state index in [2.05, 4.69) is 10.6 Å². The van der Waals surface area contributed by atoms with Crippen LogP contribution >= 0.6 is 0 Å². The minimum atomic E-state index is -1.13. The summed E-state index contributed by atoms with van der Waals surface area (Å²) >= 11 is 0. The molecule has 0 unspecified atom stereocenters. The van der Waals surface area contributed by atoms with E-state index in [9.17, 15) is 24.3 Å². The van der Waals surface area contributed by atoms with Crippen LogP contribution in [0.2, 0.25) is 0 Å². The molecule has 9 heteroatoms. The van der Waals surface area contributed by atoms with E-state index in [1.54, 1.807) is 31.7 Å². The van der Waals surface area contributed by atoms with Crippen molar-refractivity contribution in [2.75, 3.05) is 11.9 Å². The van der Waals surface area contributed by atoms with Crippen LogP contribution in [0.25, 0.3) is 0 Å². The summed E-state index contributed by atoms with van der Waals surface area (Å²) in [5, 5.41) is 14.3. The molecule has 0 radical (unpaired) electrons. The molecule has 1 heterocycles. The number of nitrogens with one attached hydrogen (secondary N) is 2. The zero-order valence-electron chi connectivity index (χ0n) is 22.7. The van der Waals surface area contributed by atoms with E-state index in [1.165, 1.54) is 18.2 Å². The molecule has 1 aliphatic rings. The van der Waals surface area contributed by atoms with Gasteiger partial charge in [-0.2, -0.15) is 0 Å². The van der Waals surface area contributed by atoms with Gasteiger partial charge < -0.3 is 25.4 Å². The van der Waals surface area contributed by atoms with Crippen LogP contribution in [0.15, 0.2) is 84.9 Å². The van der Waals surface area contributed by atoms with Crippen LogP contribution in [-0.2, 0) is 19.9 Å². The highest BCUT2D eigenvalue weighted by atomic mass is 16.6. The highest BCUT2D eigenvalue weighted by Gasteiger charge is 2.54. The summed E-state index contributed by atoms with van der Waals surface area (Å²) in [6.07, 6.45) is 0.851. The predicted octanol–water partition coefficient (Wildman–Crippen LogP) is 4.78. The number of carbonyl (C=O) groups is 4. The van der Waals surface area contributed by atoms with Crippen molar-refractivity contribution < 1.29 is 29.0 Å². The third-order valence-corrected chi connectivity index (χ3v) is 6.72. The Morgan fingerprint density at radius 2 is 1.52 bits per heavy atom. The Morgan fingerprint density at radius 3 is 2.08 bits per heavy atom. The lowest BCUT2D eigenvalue weighted by atomic mass is 9.80. The van der Waals surface area contributed by atoms with E-state index in [4.69, 9.17) is 4.74 Å². The fraction of sp³-hybridized carbons (Fsp3) is 0.290. The number of likely N-dealkylation sites (tertiary alicyclic amines) is 1. The topological polar surface area (TPSA) is 125 Å². The highest BCUT2D eigenvalue weighted by molar-refractivity contribution is 5.95. The molecule has 3 amide bonds. The van der Waals surface area contributed by atoms with Crippen molar-refractivity contribution in [1.82, 2.24) is 10.2 Å². The van der Waals surface area contributed by atoms with Crippen molar-refractivity contribution in [2.45, 2.75) is 50.8 Å². The van der Waals surface area contributed by atoms with Gasteiger partial charge in [0, 0.05) is 5.69 Å². The lowest BCUT2D eigenvalue weighted by Crippen LogP contribution is -2.55. The minimum absolute atomic E-state index is 0.0154. The van der Waals surface area contributed by atoms with Gasteiger partial charge in [-0.05, 0) is 62.9 Å². The maximum absolute atomic E-state index is 14.0.